The zero-order valence-corrected chi connectivity index (χ0v) is 8.40. The average Bonchev–Trinajstić information content (AvgIpc) is 2.24. The number of nitrogens with zero attached hydrogens (tertiary/aromatic N) is 1. The van der Waals surface area contributed by atoms with E-state index in [4.69, 9.17) is 4.74 Å². The molecule has 4 heteroatoms. The van der Waals surface area contributed by atoms with Crippen LogP contribution in [0.5, 0.6) is 5.75 Å². The SMILES string of the molecule is COc1c(-c2ccnc(C)c2)c(=O)c1=O. The first-order valence-corrected chi connectivity index (χ1v) is 4.45. The van der Waals surface area contributed by atoms with E-state index in [0.717, 1.165) is 5.69 Å². The standard InChI is InChI=1S/C11H9NO3/c1-6-5-7(3-4-12-6)8-9(13)10(14)11(8)15-2/h3-5H,1-2H3. The number of rotatable bonds is 2. The molecule has 0 fully saturated rings. The molecule has 2 rings (SSSR count). The highest BCUT2D eigenvalue weighted by Gasteiger charge is 2.22. The number of hydrogen-bond donors (Lipinski definition) is 0. The van der Waals surface area contributed by atoms with Gasteiger partial charge in [0.25, 0.3) is 5.43 Å². The van der Waals surface area contributed by atoms with Crippen molar-refractivity contribution in [3.63, 3.8) is 0 Å². The van der Waals surface area contributed by atoms with Crippen LogP contribution in [0.25, 0.3) is 11.1 Å². The van der Waals surface area contributed by atoms with Gasteiger partial charge in [0.1, 0.15) is 0 Å². The molecular formula is C11H9NO3. The van der Waals surface area contributed by atoms with E-state index in [9.17, 15) is 9.59 Å². The summed E-state index contributed by atoms with van der Waals surface area (Å²) in [6, 6.07) is 3.43. The lowest BCUT2D eigenvalue weighted by Crippen LogP contribution is -2.34. The average molecular weight is 203 g/mol. The van der Waals surface area contributed by atoms with Gasteiger partial charge >= 0.3 is 0 Å². The van der Waals surface area contributed by atoms with Gasteiger partial charge in [-0.3, -0.25) is 14.6 Å². The van der Waals surface area contributed by atoms with Crippen LogP contribution < -0.4 is 15.6 Å². The Balaban J connectivity index is 2.61. The molecule has 0 aliphatic rings. The molecule has 2 aromatic rings. The van der Waals surface area contributed by atoms with Gasteiger partial charge in [-0.15, -0.1) is 0 Å². The molecule has 0 spiro atoms. The zero-order valence-electron chi connectivity index (χ0n) is 8.40. The van der Waals surface area contributed by atoms with Crippen molar-refractivity contribution in [1.29, 1.82) is 0 Å². The monoisotopic (exact) mass is 203 g/mol. The summed E-state index contributed by atoms with van der Waals surface area (Å²) in [5.41, 5.74) is 0.791. The second kappa shape index (κ2) is 3.31. The number of aryl methyl sites for hydroxylation is 1. The van der Waals surface area contributed by atoms with E-state index in [1.807, 2.05) is 6.92 Å². The van der Waals surface area contributed by atoms with E-state index in [1.165, 1.54) is 7.11 Å². The molecule has 1 aromatic carbocycles. The van der Waals surface area contributed by atoms with Crippen molar-refractivity contribution in [3.8, 4) is 16.9 Å². The van der Waals surface area contributed by atoms with Gasteiger partial charge in [0.2, 0.25) is 5.43 Å². The van der Waals surface area contributed by atoms with Crippen LogP contribution in [0.15, 0.2) is 27.9 Å². The summed E-state index contributed by atoms with van der Waals surface area (Å²) in [5.74, 6) is 0.144. The highest BCUT2D eigenvalue weighted by molar-refractivity contribution is 5.73. The topological polar surface area (TPSA) is 56.3 Å². The molecule has 0 aliphatic heterocycles. The molecular weight excluding hydrogens is 194 g/mol. The molecule has 4 nitrogen and oxygen atoms in total. The first kappa shape index (κ1) is 9.58. The van der Waals surface area contributed by atoms with Crippen LogP contribution in [0.1, 0.15) is 5.69 Å². The quantitative estimate of drug-likeness (QED) is 0.673. The van der Waals surface area contributed by atoms with Gasteiger partial charge in [-0.1, -0.05) is 0 Å². The summed E-state index contributed by atoms with van der Waals surface area (Å²) < 4.78 is 4.86. The van der Waals surface area contributed by atoms with Crippen LogP contribution >= 0.6 is 0 Å². The third-order valence-electron chi connectivity index (χ3n) is 2.26. The fraction of sp³-hybridized carbons (Fsp3) is 0.182. The summed E-state index contributed by atoms with van der Waals surface area (Å²) in [7, 11) is 1.38. The van der Waals surface area contributed by atoms with Gasteiger partial charge in [0, 0.05) is 11.9 Å². The van der Waals surface area contributed by atoms with Gasteiger partial charge in [0.15, 0.2) is 5.75 Å². The molecule has 15 heavy (non-hydrogen) atoms. The first-order valence-electron chi connectivity index (χ1n) is 4.45. The predicted octanol–water partition coefficient (Wildman–Crippen LogP) is 0.662. The van der Waals surface area contributed by atoms with Crippen LogP contribution in [0, 0.1) is 6.92 Å². The van der Waals surface area contributed by atoms with E-state index >= 15 is 0 Å². The van der Waals surface area contributed by atoms with Gasteiger partial charge in [-0.05, 0) is 24.6 Å². The molecule has 0 unspecified atom stereocenters. The van der Waals surface area contributed by atoms with E-state index in [0.29, 0.717) is 11.1 Å². The van der Waals surface area contributed by atoms with Crippen molar-refractivity contribution in [2.45, 2.75) is 6.92 Å². The third-order valence-corrected chi connectivity index (χ3v) is 2.26. The maximum atomic E-state index is 11.3. The lowest BCUT2D eigenvalue weighted by atomic mass is 10.0. The predicted molar refractivity (Wildman–Crippen MR) is 55.9 cm³/mol. The third kappa shape index (κ3) is 1.34. The van der Waals surface area contributed by atoms with Crippen molar-refractivity contribution in [3.05, 3.63) is 44.5 Å². The molecule has 0 N–H and O–H groups in total. The molecule has 1 aromatic heterocycles. The van der Waals surface area contributed by atoms with Gasteiger partial charge in [-0.2, -0.15) is 0 Å². The van der Waals surface area contributed by atoms with Crippen molar-refractivity contribution in [2.75, 3.05) is 7.11 Å². The Hall–Kier alpha value is -1.97. The molecule has 0 saturated heterocycles. The van der Waals surface area contributed by atoms with Gasteiger partial charge < -0.3 is 4.74 Å². The Morgan fingerprint density at radius 2 is 2.00 bits per heavy atom. The Bertz CT molecular complexity index is 579. The maximum Gasteiger partial charge on any atom is 0.268 e. The minimum atomic E-state index is -0.554. The van der Waals surface area contributed by atoms with E-state index < -0.39 is 10.9 Å². The van der Waals surface area contributed by atoms with Crippen LogP contribution in [0.4, 0.5) is 0 Å². The Labute approximate surface area is 85.9 Å². The normalized spacial score (nSPS) is 10.5. The maximum absolute atomic E-state index is 11.3. The fourth-order valence-corrected chi connectivity index (χ4v) is 1.53. The number of hydrogen-bond acceptors (Lipinski definition) is 4. The summed E-state index contributed by atoms with van der Waals surface area (Å²) in [6.07, 6.45) is 1.60. The smallest absolute Gasteiger partial charge is 0.268 e. The first-order chi connectivity index (χ1) is 7.15. The summed E-state index contributed by atoms with van der Waals surface area (Å²) in [6.45, 7) is 1.82. The molecule has 0 amide bonds. The van der Waals surface area contributed by atoms with E-state index in [2.05, 4.69) is 4.98 Å². The van der Waals surface area contributed by atoms with Gasteiger partial charge in [0.05, 0.1) is 12.7 Å². The Morgan fingerprint density at radius 3 is 2.60 bits per heavy atom. The van der Waals surface area contributed by atoms with E-state index in [1.54, 1.807) is 18.3 Å². The van der Waals surface area contributed by atoms with Crippen molar-refractivity contribution >= 4 is 0 Å². The lowest BCUT2D eigenvalue weighted by Gasteiger charge is -2.09. The molecule has 0 atom stereocenters. The van der Waals surface area contributed by atoms with Crippen LogP contribution in [-0.4, -0.2) is 12.1 Å². The van der Waals surface area contributed by atoms with Crippen molar-refractivity contribution in [2.24, 2.45) is 0 Å². The zero-order chi connectivity index (χ0) is 11.0. The molecule has 0 saturated carbocycles. The lowest BCUT2D eigenvalue weighted by molar-refractivity contribution is 0.407. The Morgan fingerprint density at radius 1 is 1.27 bits per heavy atom. The number of aromatic nitrogens is 1. The minimum Gasteiger partial charge on any atom is -0.492 e. The largest absolute Gasteiger partial charge is 0.492 e. The van der Waals surface area contributed by atoms with Crippen molar-refractivity contribution < 1.29 is 4.74 Å². The van der Waals surface area contributed by atoms with Crippen LogP contribution in [-0.2, 0) is 0 Å². The second-order valence-corrected chi connectivity index (χ2v) is 3.25. The minimum absolute atomic E-state index is 0.144. The molecule has 76 valence electrons. The summed E-state index contributed by atoms with van der Waals surface area (Å²) >= 11 is 0. The summed E-state index contributed by atoms with van der Waals surface area (Å²) in [5, 5.41) is 0. The number of ether oxygens (including phenoxy) is 1. The summed E-state index contributed by atoms with van der Waals surface area (Å²) in [4.78, 5) is 26.5. The Kier molecular flexibility index (Phi) is 2.11. The van der Waals surface area contributed by atoms with E-state index in [-0.39, 0.29) is 5.75 Å². The van der Waals surface area contributed by atoms with Crippen LogP contribution in [0.3, 0.4) is 0 Å². The molecule has 0 bridgehead atoms. The number of methoxy groups -OCH3 is 1. The van der Waals surface area contributed by atoms with Crippen LogP contribution in [0.2, 0.25) is 0 Å². The fourth-order valence-electron chi connectivity index (χ4n) is 1.53. The second-order valence-electron chi connectivity index (χ2n) is 3.25. The highest BCUT2D eigenvalue weighted by Crippen LogP contribution is 2.24. The highest BCUT2D eigenvalue weighted by atomic mass is 16.5. The number of pyridine rings is 1. The molecule has 0 aliphatic carbocycles. The van der Waals surface area contributed by atoms with Gasteiger partial charge in [-0.25, -0.2) is 0 Å². The van der Waals surface area contributed by atoms with Crippen molar-refractivity contribution in [1.82, 2.24) is 4.98 Å². The molecule has 0 radical (unpaired) electrons. The molecule has 1 heterocycles.